The third kappa shape index (κ3) is 5.82. The molecule has 0 bridgehead atoms. The molecule has 1 saturated heterocycles. The van der Waals surface area contributed by atoms with E-state index in [-0.39, 0.29) is 37.7 Å². The number of thiophene rings is 1. The fourth-order valence-corrected chi connectivity index (χ4v) is 5.32. The molecule has 168 valence electrons. The third-order valence-corrected chi connectivity index (χ3v) is 7.12. The molecule has 0 spiro atoms. The Labute approximate surface area is 189 Å². The first-order valence-corrected chi connectivity index (χ1v) is 12.3. The van der Waals surface area contributed by atoms with Gasteiger partial charge in [0, 0.05) is 31.7 Å². The molecule has 3 rings (SSSR count). The predicted octanol–water partition coefficient (Wildman–Crippen LogP) is 2.00. The number of nitrogens with zero attached hydrogens (tertiary/aromatic N) is 2. The van der Waals surface area contributed by atoms with Crippen LogP contribution in [0.25, 0.3) is 11.1 Å². The summed E-state index contributed by atoms with van der Waals surface area (Å²) in [5, 5.41) is 8.22. The lowest BCUT2D eigenvalue weighted by Gasteiger charge is -2.32. The third-order valence-electron chi connectivity index (χ3n) is 4.72. The van der Waals surface area contributed by atoms with Crippen LogP contribution in [-0.2, 0) is 19.7 Å². The molecular weight excluding hydrogens is 464 g/mol. The summed E-state index contributed by atoms with van der Waals surface area (Å²) in [5.74, 6) is -0.909. The Bertz CT molecular complexity index is 1050. The van der Waals surface area contributed by atoms with Crippen LogP contribution in [0.3, 0.4) is 0 Å². The second-order valence-corrected chi connectivity index (χ2v) is 9.98. The molecule has 0 unspecified atom stereocenters. The average Bonchev–Trinajstić information content (AvgIpc) is 3.04. The van der Waals surface area contributed by atoms with Crippen LogP contribution in [0.1, 0.15) is 17.3 Å². The second-order valence-electron chi connectivity index (χ2n) is 6.81. The summed E-state index contributed by atoms with van der Waals surface area (Å²) < 4.78 is 29.6. The van der Waals surface area contributed by atoms with Crippen LogP contribution in [0.5, 0.6) is 0 Å². The van der Waals surface area contributed by atoms with Crippen LogP contribution in [0.15, 0.2) is 30.3 Å². The highest BCUT2D eigenvalue weighted by Gasteiger charge is 2.28. The zero-order chi connectivity index (χ0) is 22.6. The minimum Gasteiger partial charge on any atom is -0.462 e. The monoisotopic (exact) mass is 486 g/mol. The molecule has 1 aliphatic rings. The maximum atomic E-state index is 12.7. The van der Waals surface area contributed by atoms with E-state index in [2.05, 4.69) is 5.32 Å². The fourth-order valence-electron chi connectivity index (χ4n) is 3.26. The number of ether oxygens (including phenoxy) is 1. The molecule has 1 fully saturated rings. The molecule has 1 aromatic heterocycles. The maximum absolute atomic E-state index is 12.7. The molecule has 12 heteroatoms. The number of carbonyl (C=O) groups is 2. The number of nitrogens with two attached hydrogens (primary N) is 1. The Kier molecular flexibility index (Phi) is 7.68. The molecule has 31 heavy (non-hydrogen) atoms. The van der Waals surface area contributed by atoms with E-state index < -0.39 is 16.2 Å². The summed E-state index contributed by atoms with van der Waals surface area (Å²) in [6.07, 6.45) is 0. The molecule has 0 aliphatic carbocycles. The number of piperazine rings is 1. The fraction of sp³-hybridized carbons (Fsp3) is 0.368. The molecule has 2 heterocycles. The molecule has 2 aromatic rings. The van der Waals surface area contributed by atoms with Crippen molar-refractivity contribution in [2.45, 2.75) is 6.92 Å². The SMILES string of the molecule is CCOC(=O)c1c(NC(=O)CN2CCN(S(N)(=O)=O)CC2)sc(Cl)c1-c1ccccc1. The van der Waals surface area contributed by atoms with Crippen molar-refractivity contribution < 1.29 is 22.7 Å². The highest BCUT2D eigenvalue weighted by atomic mass is 35.5. The van der Waals surface area contributed by atoms with Crippen LogP contribution in [0.4, 0.5) is 5.00 Å². The van der Waals surface area contributed by atoms with Gasteiger partial charge in [-0.1, -0.05) is 41.9 Å². The molecular formula is C19H23ClN4O5S2. The topological polar surface area (TPSA) is 122 Å². The number of amides is 1. The normalized spacial score (nSPS) is 15.6. The minimum atomic E-state index is -3.73. The summed E-state index contributed by atoms with van der Waals surface area (Å²) >= 11 is 7.53. The summed E-state index contributed by atoms with van der Waals surface area (Å²) in [6.45, 7) is 3.09. The van der Waals surface area contributed by atoms with E-state index in [1.54, 1.807) is 6.92 Å². The second kappa shape index (κ2) is 10.1. The van der Waals surface area contributed by atoms with Crippen molar-refractivity contribution in [2.75, 3.05) is 44.6 Å². The predicted molar refractivity (Wildman–Crippen MR) is 120 cm³/mol. The molecule has 9 nitrogen and oxygen atoms in total. The Morgan fingerprint density at radius 2 is 1.84 bits per heavy atom. The van der Waals surface area contributed by atoms with Gasteiger partial charge in [0.1, 0.15) is 14.9 Å². The van der Waals surface area contributed by atoms with Gasteiger partial charge in [0.25, 0.3) is 10.2 Å². The van der Waals surface area contributed by atoms with Gasteiger partial charge in [0.15, 0.2) is 0 Å². The van der Waals surface area contributed by atoms with Crippen LogP contribution >= 0.6 is 22.9 Å². The zero-order valence-corrected chi connectivity index (χ0v) is 19.2. The summed E-state index contributed by atoms with van der Waals surface area (Å²) in [5.41, 5.74) is 1.48. The highest BCUT2D eigenvalue weighted by molar-refractivity contribution is 7.86. The number of nitrogens with one attached hydrogen (secondary N) is 1. The molecule has 3 N–H and O–H groups in total. The van der Waals surface area contributed by atoms with Crippen molar-refractivity contribution in [2.24, 2.45) is 5.14 Å². The zero-order valence-electron chi connectivity index (χ0n) is 16.8. The van der Waals surface area contributed by atoms with Crippen LogP contribution < -0.4 is 10.5 Å². The quantitative estimate of drug-likeness (QED) is 0.577. The molecule has 1 amide bonds. The Morgan fingerprint density at radius 1 is 1.19 bits per heavy atom. The Morgan fingerprint density at radius 3 is 2.42 bits per heavy atom. The molecule has 0 atom stereocenters. The van der Waals surface area contributed by atoms with Gasteiger partial charge in [0.2, 0.25) is 5.91 Å². The van der Waals surface area contributed by atoms with E-state index >= 15 is 0 Å². The molecule has 0 radical (unpaired) electrons. The molecule has 0 saturated carbocycles. The average molecular weight is 487 g/mol. The van der Waals surface area contributed by atoms with Crippen molar-refractivity contribution in [3.8, 4) is 11.1 Å². The van der Waals surface area contributed by atoms with Crippen LogP contribution in [0, 0.1) is 0 Å². The minimum absolute atomic E-state index is 0.0386. The van der Waals surface area contributed by atoms with E-state index in [9.17, 15) is 18.0 Å². The number of hydrogen-bond acceptors (Lipinski definition) is 7. The largest absolute Gasteiger partial charge is 0.462 e. The maximum Gasteiger partial charge on any atom is 0.341 e. The lowest BCUT2D eigenvalue weighted by Crippen LogP contribution is -2.52. The van der Waals surface area contributed by atoms with Crippen molar-refractivity contribution in [3.63, 3.8) is 0 Å². The van der Waals surface area contributed by atoms with Crippen molar-refractivity contribution in [3.05, 3.63) is 40.2 Å². The van der Waals surface area contributed by atoms with Gasteiger partial charge in [-0.15, -0.1) is 11.3 Å². The van der Waals surface area contributed by atoms with E-state index in [0.29, 0.717) is 28.0 Å². The van der Waals surface area contributed by atoms with Gasteiger partial charge in [-0.2, -0.15) is 12.7 Å². The number of hydrogen-bond donors (Lipinski definition) is 2. The van der Waals surface area contributed by atoms with Gasteiger partial charge in [0.05, 0.1) is 13.2 Å². The van der Waals surface area contributed by atoms with Crippen molar-refractivity contribution in [1.29, 1.82) is 0 Å². The number of rotatable bonds is 7. The molecule has 1 aromatic carbocycles. The Balaban J connectivity index is 1.77. The lowest BCUT2D eigenvalue weighted by molar-refractivity contribution is -0.117. The van der Waals surface area contributed by atoms with E-state index in [4.69, 9.17) is 21.5 Å². The number of carbonyl (C=O) groups excluding carboxylic acids is 2. The van der Waals surface area contributed by atoms with Crippen molar-refractivity contribution in [1.82, 2.24) is 9.21 Å². The van der Waals surface area contributed by atoms with Crippen LogP contribution in [-0.4, -0.2) is 68.8 Å². The first kappa shape index (κ1) is 23.6. The van der Waals surface area contributed by atoms with Gasteiger partial charge in [-0.05, 0) is 12.5 Å². The first-order valence-electron chi connectivity index (χ1n) is 9.55. The smallest absolute Gasteiger partial charge is 0.341 e. The number of anilines is 1. The van der Waals surface area contributed by atoms with E-state index in [1.807, 2.05) is 35.2 Å². The summed E-state index contributed by atoms with van der Waals surface area (Å²) in [7, 11) is -3.73. The van der Waals surface area contributed by atoms with Gasteiger partial charge < -0.3 is 10.1 Å². The number of benzene rings is 1. The van der Waals surface area contributed by atoms with Crippen LogP contribution in [0.2, 0.25) is 4.34 Å². The summed E-state index contributed by atoms with van der Waals surface area (Å²) in [6, 6.07) is 9.17. The van der Waals surface area contributed by atoms with Gasteiger partial charge in [-0.3, -0.25) is 9.69 Å². The summed E-state index contributed by atoms with van der Waals surface area (Å²) in [4.78, 5) is 27.1. The van der Waals surface area contributed by atoms with E-state index in [0.717, 1.165) is 16.9 Å². The van der Waals surface area contributed by atoms with Gasteiger partial charge in [-0.25, -0.2) is 9.93 Å². The lowest BCUT2D eigenvalue weighted by atomic mass is 10.0. The highest BCUT2D eigenvalue weighted by Crippen LogP contribution is 2.43. The first-order chi connectivity index (χ1) is 14.7. The number of esters is 1. The van der Waals surface area contributed by atoms with Gasteiger partial charge >= 0.3 is 5.97 Å². The molecule has 1 aliphatic heterocycles. The standard InChI is InChI=1S/C19H23ClN4O5S2/c1-2-29-19(26)16-15(13-6-4-3-5-7-13)17(20)30-18(16)22-14(25)12-23-8-10-24(11-9-23)31(21,27)28/h3-7H,2,8-12H2,1H3,(H,22,25)(H2,21,27,28). The van der Waals surface area contributed by atoms with Crippen molar-refractivity contribution >= 4 is 50.0 Å². The number of halogens is 1. The Hall–Kier alpha value is -2.02. The van der Waals surface area contributed by atoms with E-state index in [1.165, 1.54) is 4.31 Å².